The monoisotopic (exact) mass is 682 g/mol. The second-order valence-corrected chi connectivity index (χ2v) is 12.2. The minimum Gasteiger partial charge on any atom is -0.490 e. The van der Waals surface area contributed by atoms with E-state index in [9.17, 15) is 4.79 Å². The number of carbonyl (C=O) groups is 1. The molecule has 1 aliphatic rings. The van der Waals surface area contributed by atoms with Crippen LogP contribution in [0.4, 0.5) is 5.95 Å². The van der Waals surface area contributed by atoms with Gasteiger partial charge in [0, 0.05) is 16.5 Å². The Hall–Kier alpha value is -3.47. The molecule has 1 unspecified atom stereocenters. The third-order valence-electron chi connectivity index (χ3n) is 6.64. The highest BCUT2D eigenvalue weighted by Gasteiger charge is 2.36. The van der Waals surface area contributed by atoms with E-state index in [4.69, 9.17) is 35.9 Å². The molecule has 1 aliphatic heterocycles. The van der Waals surface area contributed by atoms with Crippen molar-refractivity contribution in [2.24, 2.45) is 0 Å². The number of esters is 1. The maximum absolute atomic E-state index is 13.7. The lowest BCUT2D eigenvalue weighted by Gasteiger charge is -2.29. The summed E-state index contributed by atoms with van der Waals surface area (Å²) in [5, 5.41) is 9.38. The van der Waals surface area contributed by atoms with Gasteiger partial charge in [0.1, 0.15) is 19.3 Å². The fourth-order valence-electron chi connectivity index (χ4n) is 4.64. The van der Waals surface area contributed by atoms with Crippen LogP contribution in [0.3, 0.4) is 0 Å². The molecular formula is C32H32BrClN4O4S. The Morgan fingerprint density at radius 3 is 2.51 bits per heavy atom. The van der Waals surface area contributed by atoms with Gasteiger partial charge in [0.25, 0.3) is 0 Å². The van der Waals surface area contributed by atoms with E-state index in [1.54, 1.807) is 16.4 Å². The van der Waals surface area contributed by atoms with Crippen LogP contribution in [-0.2, 0) is 22.7 Å². The molecule has 8 nitrogen and oxygen atoms in total. The van der Waals surface area contributed by atoms with E-state index in [0.29, 0.717) is 56.6 Å². The Balaban J connectivity index is 1.52. The van der Waals surface area contributed by atoms with E-state index in [0.717, 1.165) is 28.9 Å². The maximum Gasteiger partial charge on any atom is 0.338 e. The summed E-state index contributed by atoms with van der Waals surface area (Å²) in [6.07, 6.45) is 0.988. The van der Waals surface area contributed by atoms with Crippen LogP contribution in [0.25, 0.3) is 0 Å². The van der Waals surface area contributed by atoms with Gasteiger partial charge in [-0.3, -0.25) is 0 Å². The fourth-order valence-corrected chi connectivity index (χ4v) is 6.03. The van der Waals surface area contributed by atoms with Gasteiger partial charge >= 0.3 is 5.97 Å². The van der Waals surface area contributed by atoms with Crippen molar-refractivity contribution in [2.75, 3.05) is 17.7 Å². The zero-order chi connectivity index (χ0) is 30.3. The van der Waals surface area contributed by atoms with Crippen LogP contribution in [-0.4, -0.2) is 33.1 Å². The highest BCUT2D eigenvalue weighted by atomic mass is 79.9. The number of carbonyl (C=O) groups excluding carboxylic acids is 1. The highest BCUT2D eigenvalue weighted by molar-refractivity contribution is 9.10. The summed E-state index contributed by atoms with van der Waals surface area (Å²) in [6.45, 7) is 6.77. The first-order chi connectivity index (χ1) is 20.9. The minimum atomic E-state index is -0.621. The van der Waals surface area contributed by atoms with Crippen molar-refractivity contribution in [3.63, 3.8) is 0 Å². The number of rotatable bonds is 12. The summed E-state index contributed by atoms with van der Waals surface area (Å²) < 4.78 is 20.5. The molecule has 0 amide bonds. The first-order valence-electron chi connectivity index (χ1n) is 14.0. The zero-order valence-corrected chi connectivity index (χ0v) is 27.3. The topological polar surface area (TPSA) is 87.5 Å². The van der Waals surface area contributed by atoms with Gasteiger partial charge in [0.05, 0.1) is 16.7 Å². The second-order valence-electron chi connectivity index (χ2n) is 9.82. The summed E-state index contributed by atoms with van der Waals surface area (Å²) in [6, 6.07) is 20.3. The predicted octanol–water partition coefficient (Wildman–Crippen LogP) is 8.21. The number of hydrogen-bond donors (Lipinski definition) is 1. The molecular weight excluding hydrogens is 652 g/mol. The van der Waals surface area contributed by atoms with Gasteiger partial charge in [-0.15, -0.1) is 5.10 Å². The summed E-state index contributed by atoms with van der Waals surface area (Å²) in [7, 11) is 0. The molecule has 224 valence electrons. The van der Waals surface area contributed by atoms with Crippen LogP contribution < -0.4 is 14.8 Å². The molecule has 43 heavy (non-hydrogen) atoms. The minimum absolute atomic E-state index is 0.149. The van der Waals surface area contributed by atoms with Crippen LogP contribution in [0.5, 0.6) is 11.5 Å². The van der Waals surface area contributed by atoms with Gasteiger partial charge < -0.3 is 19.5 Å². The van der Waals surface area contributed by atoms with Gasteiger partial charge in [0.2, 0.25) is 11.1 Å². The molecule has 0 aliphatic carbocycles. The van der Waals surface area contributed by atoms with Crippen molar-refractivity contribution in [1.82, 2.24) is 14.8 Å². The van der Waals surface area contributed by atoms with E-state index in [2.05, 4.69) is 28.2 Å². The smallest absolute Gasteiger partial charge is 0.338 e. The van der Waals surface area contributed by atoms with Gasteiger partial charge in [-0.05, 0) is 77.2 Å². The average Bonchev–Trinajstić information content (AvgIpc) is 3.41. The molecule has 1 atom stereocenters. The SMILES string of the molecule is CCCSc1nc2n(n1)C(c1cc(Br)c(OCc3ccc(Cl)cc3)c(OCC)c1)C(C(=O)OCc1ccccc1)=C(C)N2. The number of fused-ring (bicyclic) bond motifs is 1. The molecule has 0 saturated heterocycles. The number of nitrogens with zero attached hydrogens (tertiary/aromatic N) is 3. The third-order valence-corrected chi connectivity index (χ3v) is 8.53. The molecule has 0 radical (unpaired) electrons. The first-order valence-corrected chi connectivity index (χ1v) is 16.1. The van der Waals surface area contributed by atoms with Gasteiger partial charge in [0.15, 0.2) is 11.5 Å². The maximum atomic E-state index is 13.7. The number of halogens is 2. The van der Waals surface area contributed by atoms with Crippen LogP contribution in [0, 0.1) is 0 Å². The normalized spacial score (nSPS) is 14.2. The molecule has 0 fully saturated rings. The van der Waals surface area contributed by atoms with Gasteiger partial charge in [-0.25, -0.2) is 9.48 Å². The Morgan fingerprint density at radius 1 is 1.05 bits per heavy atom. The number of nitrogens with one attached hydrogen (secondary N) is 1. The number of allylic oxidation sites excluding steroid dienone is 1. The molecule has 4 aromatic rings. The number of benzene rings is 3. The third kappa shape index (κ3) is 7.37. The van der Waals surface area contributed by atoms with E-state index in [-0.39, 0.29) is 6.61 Å². The van der Waals surface area contributed by atoms with Gasteiger partial charge in [-0.2, -0.15) is 4.98 Å². The number of aromatic nitrogens is 3. The lowest BCUT2D eigenvalue weighted by Crippen LogP contribution is -2.29. The molecule has 0 bridgehead atoms. The summed E-state index contributed by atoms with van der Waals surface area (Å²) in [5.41, 5.74) is 3.71. The highest BCUT2D eigenvalue weighted by Crippen LogP contribution is 2.43. The molecule has 0 saturated carbocycles. The first kappa shape index (κ1) is 31.0. The van der Waals surface area contributed by atoms with E-state index < -0.39 is 12.0 Å². The Labute approximate surface area is 268 Å². The Kier molecular flexibility index (Phi) is 10.3. The number of anilines is 1. The lowest BCUT2D eigenvalue weighted by molar-refractivity contribution is -0.140. The molecule has 3 aromatic carbocycles. The largest absolute Gasteiger partial charge is 0.490 e. The number of thioether (sulfide) groups is 1. The fraction of sp³-hybridized carbons (Fsp3) is 0.281. The van der Waals surface area contributed by atoms with Crippen molar-refractivity contribution >= 4 is 51.2 Å². The second kappa shape index (κ2) is 14.3. The van der Waals surface area contributed by atoms with Crippen LogP contribution in [0.1, 0.15) is 49.9 Å². The predicted molar refractivity (Wildman–Crippen MR) is 173 cm³/mol. The summed E-state index contributed by atoms with van der Waals surface area (Å²) in [4.78, 5) is 18.4. The standard InChI is InChI=1S/C32H32BrClN4O4S/c1-4-15-43-32-36-31-35-20(3)27(30(39)42-19-21-9-7-6-8-10-21)28(38(31)37-32)23-16-25(33)29(26(17-23)40-5-2)41-18-22-11-13-24(34)14-12-22/h6-14,16-17,28H,4-5,15,18-19H2,1-3H3,(H,35,36,37). The number of ether oxygens (including phenoxy) is 3. The molecule has 11 heteroatoms. The van der Waals surface area contributed by atoms with Crippen molar-refractivity contribution in [2.45, 2.75) is 51.6 Å². The number of hydrogen-bond acceptors (Lipinski definition) is 8. The van der Waals surface area contributed by atoms with E-state index in [1.807, 2.05) is 80.6 Å². The zero-order valence-electron chi connectivity index (χ0n) is 24.1. The Morgan fingerprint density at radius 2 is 1.79 bits per heavy atom. The van der Waals surface area contributed by atoms with Crippen molar-refractivity contribution < 1.29 is 19.0 Å². The van der Waals surface area contributed by atoms with Crippen molar-refractivity contribution in [3.05, 3.63) is 104 Å². The Bertz CT molecular complexity index is 1610. The summed E-state index contributed by atoms with van der Waals surface area (Å²) in [5.74, 6) is 2.09. The average molecular weight is 684 g/mol. The molecule has 2 heterocycles. The molecule has 5 rings (SSSR count). The lowest BCUT2D eigenvalue weighted by atomic mass is 9.95. The van der Waals surface area contributed by atoms with Crippen molar-refractivity contribution in [3.8, 4) is 11.5 Å². The molecule has 0 spiro atoms. The summed E-state index contributed by atoms with van der Waals surface area (Å²) >= 11 is 11.3. The van der Waals surface area contributed by atoms with Crippen LogP contribution in [0.2, 0.25) is 5.02 Å². The molecule has 1 aromatic heterocycles. The van der Waals surface area contributed by atoms with Crippen molar-refractivity contribution in [1.29, 1.82) is 0 Å². The van der Waals surface area contributed by atoms with Gasteiger partial charge in [-0.1, -0.05) is 72.8 Å². The van der Waals surface area contributed by atoms with Crippen LogP contribution >= 0.6 is 39.3 Å². The van der Waals surface area contributed by atoms with Crippen LogP contribution in [0.15, 0.2) is 87.6 Å². The molecule has 1 N–H and O–H groups in total. The van der Waals surface area contributed by atoms with E-state index in [1.165, 1.54) is 0 Å². The quantitative estimate of drug-likeness (QED) is 0.118. The van der Waals surface area contributed by atoms with E-state index >= 15 is 0 Å².